The Labute approximate surface area is 168 Å². The van der Waals surface area contributed by atoms with E-state index in [9.17, 15) is 9.59 Å². The maximum absolute atomic E-state index is 12.4. The Morgan fingerprint density at radius 2 is 2.00 bits per heavy atom. The average Bonchev–Trinajstić information content (AvgIpc) is 3.18. The predicted octanol–water partition coefficient (Wildman–Crippen LogP) is 3.10. The predicted molar refractivity (Wildman–Crippen MR) is 108 cm³/mol. The summed E-state index contributed by atoms with van der Waals surface area (Å²) in [7, 11) is 1.59. The number of aromatic nitrogens is 2. The molecule has 0 aliphatic carbocycles. The molecule has 0 bridgehead atoms. The minimum Gasteiger partial charge on any atom is -0.497 e. The van der Waals surface area contributed by atoms with Gasteiger partial charge in [0.1, 0.15) is 10.8 Å². The zero-order chi connectivity index (χ0) is 20.1. The van der Waals surface area contributed by atoms with Crippen molar-refractivity contribution in [2.45, 2.75) is 38.6 Å². The van der Waals surface area contributed by atoms with Gasteiger partial charge < -0.3 is 20.3 Å². The zero-order valence-corrected chi connectivity index (χ0v) is 17.1. The van der Waals surface area contributed by atoms with E-state index in [1.807, 2.05) is 18.7 Å². The number of amides is 3. The summed E-state index contributed by atoms with van der Waals surface area (Å²) in [5.74, 6) is 0.533. The highest BCUT2D eigenvalue weighted by atomic mass is 32.1. The maximum Gasteiger partial charge on any atom is 0.317 e. The first kappa shape index (κ1) is 20.1. The molecule has 0 radical (unpaired) electrons. The van der Waals surface area contributed by atoms with Crippen LogP contribution in [0.4, 0.5) is 10.5 Å². The van der Waals surface area contributed by atoms with Gasteiger partial charge in [0.05, 0.1) is 7.11 Å². The molecule has 150 valence electrons. The van der Waals surface area contributed by atoms with Crippen LogP contribution in [-0.4, -0.2) is 53.3 Å². The highest BCUT2D eigenvalue weighted by molar-refractivity contribution is 7.13. The summed E-state index contributed by atoms with van der Waals surface area (Å²) in [6.45, 7) is 5.21. The standard InChI is InChI=1S/C19H25N5O3S/c1-12(2)20-19(26)24-10-4-5-13(11-24)17-22-23-18(28-17)16(25)21-14-6-8-15(27-3)9-7-14/h6-9,12-13H,4-5,10-11H2,1-3H3,(H,20,26)(H,21,25). The molecular formula is C19H25N5O3S. The van der Waals surface area contributed by atoms with Crippen LogP contribution in [0.5, 0.6) is 5.75 Å². The van der Waals surface area contributed by atoms with Crippen LogP contribution in [0.1, 0.15) is 47.4 Å². The number of carbonyl (C=O) groups excluding carboxylic acids is 2. The van der Waals surface area contributed by atoms with E-state index in [2.05, 4.69) is 20.8 Å². The van der Waals surface area contributed by atoms with Gasteiger partial charge in [-0.1, -0.05) is 11.3 Å². The van der Waals surface area contributed by atoms with Gasteiger partial charge in [-0.3, -0.25) is 4.79 Å². The molecule has 1 aliphatic rings. The molecule has 2 N–H and O–H groups in total. The van der Waals surface area contributed by atoms with Crippen molar-refractivity contribution >= 4 is 29.0 Å². The zero-order valence-electron chi connectivity index (χ0n) is 16.3. The molecule has 28 heavy (non-hydrogen) atoms. The fourth-order valence-electron chi connectivity index (χ4n) is 3.05. The molecule has 9 heteroatoms. The number of hydrogen-bond donors (Lipinski definition) is 2. The van der Waals surface area contributed by atoms with E-state index in [0.717, 1.165) is 30.1 Å². The van der Waals surface area contributed by atoms with Gasteiger partial charge in [0.15, 0.2) is 0 Å². The van der Waals surface area contributed by atoms with Gasteiger partial charge in [-0.15, -0.1) is 10.2 Å². The largest absolute Gasteiger partial charge is 0.497 e. The van der Waals surface area contributed by atoms with Crippen LogP contribution in [0.15, 0.2) is 24.3 Å². The topological polar surface area (TPSA) is 96.4 Å². The minimum absolute atomic E-state index is 0.0540. The molecule has 3 rings (SSSR count). The number of likely N-dealkylation sites (tertiary alicyclic amines) is 1. The van der Waals surface area contributed by atoms with E-state index >= 15 is 0 Å². The number of methoxy groups -OCH3 is 1. The lowest BCUT2D eigenvalue weighted by atomic mass is 9.99. The van der Waals surface area contributed by atoms with Crippen molar-refractivity contribution in [2.24, 2.45) is 0 Å². The van der Waals surface area contributed by atoms with Crippen LogP contribution in [-0.2, 0) is 0 Å². The fourth-order valence-corrected chi connectivity index (χ4v) is 3.92. The second-order valence-electron chi connectivity index (χ2n) is 7.02. The van der Waals surface area contributed by atoms with Crippen LogP contribution >= 0.6 is 11.3 Å². The number of ether oxygens (including phenoxy) is 1. The van der Waals surface area contributed by atoms with Gasteiger partial charge in [-0.05, 0) is 51.0 Å². The lowest BCUT2D eigenvalue weighted by Crippen LogP contribution is -2.46. The van der Waals surface area contributed by atoms with Crippen LogP contribution in [0, 0.1) is 0 Å². The monoisotopic (exact) mass is 403 g/mol. The average molecular weight is 404 g/mol. The van der Waals surface area contributed by atoms with Crippen LogP contribution in [0.2, 0.25) is 0 Å². The first-order chi connectivity index (χ1) is 13.5. The smallest absolute Gasteiger partial charge is 0.317 e. The van der Waals surface area contributed by atoms with Crippen molar-refractivity contribution in [1.29, 1.82) is 0 Å². The molecule has 2 heterocycles. The maximum atomic E-state index is 12.4. The molecule has 1 saturated heterocycles. The summed E-state index contributed by atoms with van der Waals surface area (Å²) >= 11 is 1.28. The van der Waals surface area contributed by atoms with E-state index in [1.54, 1.807) is 31.4 Å². The minimum atomic E-state index is -0.292. The summed E-state index contributed by atoms with van der Waals surface area (Å²) in [5.41, 5.74) is 0.664. The molecule has 1 atom stereocenters. The van der Waals surface area contributed by atoms with Crippen molar-refractivity contribution in [1.82, 2.24) is 20.4 Å². The van der Waals surface area contributed by atoms with Crippen molar-refractivity contribution in [3.8, 4) is 5.75 Å². The van der Waals surface area contributed by atoms with E-state index < -0.39 is 0 Å². The van der Waals surface area contributed by atoms with Gasteiger partial charge in [-0.2, -0.15) is 0 Å². The van der Waals surface area contributed by atoms with Gasteiger partial charge in [0, 0.05) is 30.7 Å². The molecule has 1 aromatic heterocycles. The summed E-state index contributed by atoms with van der Waals surface area (Å²) in [6, 6.07) is 7.14. The molecular weight excluding hydrogens is 378 g/mol. The molecule has 0 saturated carbocycles. The number of nitrogens with one attached hydrogen (secondary N) is 2. The molecule has 1 fully saturated rings. The van der Waals surface area contributed by atoms with E-state index in [0.29, 0.717) is 17.2 Å². The molecule has 3 amide bonds. The van der Waals surface area contributed by atoms with E-state index in [1.165, 1.54) is 11.3 Å². The van der Waals surface area contributed by atoms with Crippen LogP contribution < -0.4 is 15.4 Å². The highest BCUT2D eigenvalue weighted by Crippen LogP contribution is 2.29. The molecule has 1 aromatic carbocycles. The second-order valence-corrected chi connectivity index (χ2v) is 8.03. The third-order valence-corrected chi connectivity index (χ3v) is 5.54. The number of rotatable bonds is 5. The van der Waals surface area contributed by atoms with Gasteiger partial charge in [0.25, 0.3) is 5.91 Å². The Balaban J connectivity index is 1.62. The van der Waals surface area contributed by atoms with Gasteiger partial charge in [-0.25, -0.2) is 4.79 Å². The molecule has 1 aliphatic heterocycles. The van der Waals surface area contributed by atoms with Crippen molar-refractivity contribution in [3.63, 3.8) is 0 Å². The summed E-state index contributed by atoms with van der Waals surface area (Å²) in [6.07, 6.45) is 1.84. The van der Waals surface area contributed by atoms with Crippen molar-refractivity contribution in [2.75, 3.05) is 25.5 Å². The van der Waals surface area contributed by atoms with E-state index in [4.69, 9.17) is 4.74 Å². The molecule has 8 nitrogen and oxygen atoms in total. The highest BCUT2D eigenvalue weighted by Gasteiger charge is 2.28. The lowest BCUT2D eigenvalue weighted by molar-refractivity contribution is 0.102. The molecule has 0 spiro atoms. The van der Waals surface area contributed by atoms with Gasteiger partial charge >= 0.3 is 6.03 Å². The Morgan fingerprint density at radius 1 is 1.25 bits per heavy atom. The number of urea groups is 1. The number of anilines is 1. The van der Waals surface area contributed by atoms with Gasteiger partial charge in [0.2, 0.25) is 5.01 Å². The molecule has 2 aromatic rings. The van der Waals surface area contributed by atoms with Crippen LogP contribution in [0.3, 0.4) is 0 Å². The number of hydrogen-bond acceptors (Lipinski definition) is 6. The SMILES string of the molecule is COc1ccc(NC(=O)c2nnc(C3CCCN(C(=O)NC(C)C)C3)s2)cc1. The Bertz CT molecular complexity index is 821. The Hall–Kier alpha value is -2.68. The number of piperidine rings is 1. The fraction of sp³-hybridized carbons (Fsp3) is 0.474. The quantitative estimate of drug-likeness (QED) is 0.800. The summed E-state index contributed by atoms with van der Waals surface area (Å²) in [5, 5.41) is 15.1. The van der Waals surface area contributed by atoms with Crippen molar-refractivity contribution in [3.05, 3.63) is 34.3 Å². The third kappa shape index (κ3) is 4.98. The summed E-state index contributed by atoms with van der Waals surface area (Å²) < 4.78 is 5.11. The number of nitrogens with zero attached hydrogens (tertiary/aromatic N) is 3. The van der Waals surface area contributed by atoms with Crippen molar-refractivity contribution < 1.29 is 14.3 Å². The Kier molecular flexibility index (Phi) is 6.45. The summed E-state index contributed by atoms with van der Waals surface area (Å²) in [4.78, 5) is 26.5. The number of benzene rings is 1. The molecule has 1 unspecified atom stereocenters. The normalized spacial score (nSPS) is 16.7. The first-order valence-electron chi connectivity index (χ1n) is 9.30. The second kappa shape index (κ2) is 9.01. The first-order valence-corrected chi connectivity index (χ1v) is 10.1. The number of carbonyl (C=O) groups is 2. The van der Waals surface area contributed by atoms with Crippen LogP contribution in [0.25, 0.3) is 0 Å². The van der Waals surface area contributed by atoms with E-state index in [-0.39, 0.29) is 23.9 Å². The Morgan fingerprint density at radius 3 is 2.68 bits per heavy atom. The third-order valence-electron chi connectivity index (χ3n) is 4.45. The lowest BCUT2D eigenvalue weighted by Gasteiger charge is -2.32.